The number of carboxylic acid groups (broad SMARTS) is 1. The fraction of sp³-hybridized carbons (Fsp3) is 0.500. The number of H-pyrrole nitrogens is 1. The van der Waals surface area contributed by atoms with Crippen molar-refractivity contribution in [2.24, 2.45) is 0 Å². The van der Waals surface area contributed by atoms with E-state index in [4.69, 9.17) is 16.3 Å². The van der Waals surface area contributed by atoms with Gasteiger partial charge in [0.05, 0.1) is 36.5 Å². The summed E-state index contributed by atoms with van der Waals surface area (Å²) >= 11 is 6.43. The van der Waals surface area contributed by atoms with Crippen molar-refractivity contribution in [2.75, 3.05) is 38.6 Å². The number of amides is 2. The molecule has 4 heterocycles. The second-order valence-electron chi connectivity index (χ2n) is 10.7. The fourth-order valence-electron chi connectivity index (χ4n) is 5.52. The van der Waals surface area contributed by atoms with Crippen LogP contribution in [0, 0.1) is 0 Å². The largest absolute Gasteiger partial charge is 0.480 e. The van der Waals surface area contributed by atoms with E-state index in [-0.39, 0.29) is 25.0 Å². The molecule has 0 bridgehead atoms. The quantitative estimate of drug-likeness (QED) is 0.545. The van der Waals surface area contributed by atoms with Crippen LogP contribution in [0.15, 0.2) is 18.3 Å². The number of benzene rings is 1. The lowest BCUT2D eigenvalue weighted by Crippen LogP contribution is -2.60. The number of likely N-dealkylation sites (tertiary alicyclic amines) is 1. The van der Waals surface area contributed by atoms with Crippen molar-refractivity contribution < 1.29 is 24.2 Å². The summed E-state index contributed by atoms with van der Waals surface area (Å²) in [5.74, 6) is -1.61. The van der Waals surface area contributed by atoms with Crippen molar-refractivity contribution in [3.05, 3.63) is 34.6 Å². The van der Waals surface area contributed by atoms with Gasteiger partial charge in [-0.25, -0.2) is 4.79 Å². The second-order valence-corrected chi connectivity index (χ2v) is 11.1. The minimum absolute atomic E-state index is 0.0620. The number of carboxylic acids is 1. The van der Waals surface area contributed by atoms with E-state index < -0.39 is 23.7 Å². The van der Waals surface area contributed by atoms with Crippen molar-refractivity contribution in [3.63, 3.8) is 0 Å². The number of hydrogen-bond acceptors (Lipinski definition) is 6. The van der Waals surface area contributed by atoms with E-state index >= 15 is 0 Å². The maximum absolute atomic E-state index is 13.6. The number of hydrogen-bond donors (Lipinski definition) is 3. The molecule has 10 nitrogen and oxygen atoms in total. The van der Waals surface area contributed by atoms with E-state index in [9.17, 15) is 19.5 Å². The molecule has 0 spiro atoms. The lowest BCUT2D eigenvalue weighted by Gasteiger charge is -2.43. The third kappa shape index (κ3) is 5.05. The zero-order valence-corrected chi connectivity index (χ0v) is 22.0. The normalized spacial score (nSPS) is 23.4. The van der Waals surface area contributed by atoms with Gasteiger partial charge in [-0.1, -0.05) is 11.6 Å². The molecule has 1 aromatic heterocycles. The molecule has 2 saturated heterocycles. The molecule has 2 atom stereocenters. The van der Waals surface area contributed by atoms with Gasteiger partial charge in [0.2, 0.25) is 11.8 Å². The summed E-state index contributed by atoms with van der Waals surface area (Å²) in [5.41, 5.74) is 2.85. The van der Waals surface area contributed by atoms with Gasteiger partial charge in [0.15, 0.2) is 0 Å². The lowest BCUT2D eigenvalue weighted by atomic mass is 10.0. The third-order valence-corrected chi connectivity index (χ3v) is 7.53. The SMILES string of the molecule is CN1C=Cc2c([nH]c3c(NC(=O)[C@@H]4COC(C)(C)CN4CC(=O)N4CCCC4C(=O)O)cc(Cl)cc23)C1. The molecule has 3 aliphatic rings. The van der Waals surface area contributed by atoms with E-state index in [0.717, 1.165) is 22.2 Å². The average molecular weight is 530 g/mol. The zero-order valence-electron chi connectivity index (χ0n) is 21.2. The number of carbonyl (C=O) groups is 3. The number of rotatable bonds is 5. The fourth-order valence-corrected chi connectivity index (χ4v) is 5.74. The van der Waals surface area contributed by atoms with Crippen LogP contribution in [0.4, 0.5) is 5.69 Å². The Bertz CT molecular complexity index is 1290. The summed E-state index contributed by atoms with van der Waals surface area (Å²) in [4.78, 5) is 47.0. The first-order valence-corrected chi connectivity index (χ1v) is 12.8. The molecule has 1 aromatic carbocycles. The third-order valence-electron chi connectivity index (χ3n) is 7.31. The van der Waals surface area contributed by atoms with E-state index in [1.807, 2.05) is 39.2 Å². The van der Waals surface area contributed by atoms with Crippen LogP contribution in [0.1, 0.15) is 37.9 Å². The monoisotopic (exact) mass is 529 g/mol. The predicted molar refractivity (Wildman–Crippen MR) is 140 cm³/mol. The predicted octanol–water partition coefficient (Wildman–Crippen LogP) is 2.73. The van der Waals surface area contributed by atoms with Crippen LogP contribution < -0.4 is 5.32 Å². The smallest absolute Gasteiger partial charge is 0.326 e. The van der Waals surface area contributed by atoms with Crippen molar-refractivity contribution in [2.45, 2.75) is 50.9 Å². The van der Waals surface area contributed by atoms with Crippen LogP contribution in [0.3, 0.4) is 0 Å². The Labute approximate surface area is 220 Å². The highest BCUT2D eigenvalue weighted by molar-refractivity contribution is 6.32. The summed E-state index contributed by atoms with van der Waals surface area (Å²) in [6.07, 6.45) is 5.11. The molecule has 3 N–H and O–H groups in total. The van der Waals surface area contributed by atoms with Crippen LogP contribution in [0.2, 0.25) is 5.02 Å². The molecule has 1 unspecified atom stereocenters. The van der Waals surface area contributed by atoms with Crippen LogP contribution in [0.5, 0.6) is 0 Å². The van der Waals surface area contributed by atoms with E-state index in [1.165, 1.54) is 4.90 Å². The average Bonchev–Trinajstić information content (AvgIpc) is 3.43. The highest BCUT2D eigenvalue weighted by Crippen LogP contribution is 2.35. The molecule has 2 fully saturated rings. The Balaban J connectivity index is 1.39. The van der Waals surface area contributed by atoms with Gasteiger partial charge in [0.1, 0.15) is 12.1 Å². The number of carbonyl (C=O) groups excluding carboxylic acids is 2. The first kappa shape index (κ1) is 25.6. The summed E-state index contributed by atoms with van der Waals surface area (Å²) < 4.78 is 5.95. The second kappa shape index (κ2) is 9.66. The molecule has 0 radical (unpaired) electrons. The standard InChI is InChI=1S/C26H32ClN5O5/c1-26(2)14-31(12-22(33)32-7-4-5-20(32)25(35)36)21(13-37-26)24(34)29-18-10-15(27)9-17-16-6-8-30(3)11-19(16)28-23(17)18/h6,8-10,20-21,28H,4-5,7,11-14H2,1-3H3,(H,29,34)(H,35,36)/t20?,21-/m0/s1. The summed E-state index contributed by atoms with van der Waals surface area (Å²) in [5, 5.41) is 13.9. The summed E-state index contributed by atoms with van der Waals surface area (Å²) in [6.45, 7) is 5.32. The summed E-state index contributed by atoms with van der Waals surface area (Å²) in [6, 6.07) is 2.04. The Kier molecular flexibility index (Phi) is 6.68. The zero-order chi connectivity index (χ0) is 26.5. The van der Waals surface area contributed by atoms with Crippen molar-refractivity contribution >= 4 is 52.1 Å². The number of aromatic amines is 1. The van der Waals surface area contributed by atoms with Gasteiger partial charge in [-0.2, -0.15) is 0 Å². The minimum Gasteiger partial charge on any atom is -0.480 e. The Morgan fingerprint density at radius 1 is 1.27 bits per heavy atom. The molecule has 198 valence electrons. The van der Waals surface area contributed by atoms with Crippen LogP contribution in [-0.4, -0.2) is 93.5 Å². The van der Waals surface area contributed by atoms with Gasteiger partial charge in [-0.05, 0) is 51.1 Å². The van der Waals surface area contributed by atoms with Gasteiger partial charge in [-0.15, -0.1) is 0 Å². The number of nitrogens with zero attached hydrogens (tertiary/aromatic N) is 3. The molecule has 2 aromatic rings. The van der Waals surface area contributed by atoms with Gasteiger partial charge in [-0.3, -0.25) is 14.5 Å². The molecule has 5 rings (SSSR count). The number of ether oxygens (including phenoxy) is 1. The molecule has 0 saturated carbocycles. The number of nitrogens with one attached hydrogen (secondary N) is 2. The van der Waals surface area contributed by atoms with E-state index in [0.29, 0.717) is 43.2 Å². The van der Waals surface area contributed by atoms with Crippen LogP contribution >= 0.6 is 11.6 Å². The summed E-state index contributed by atoms with van der Waals surface area (Å²) in [7, 11) is 1.99. The van der Waals surface area contributed by atoms with Crippen LogP contribution in [-0.2, 0) is 25.7 Å². The van der Waals surface area contributed by atoms with Gasteiger partial charge in [0, 0.05) is 41.8 Å². The molecule has 2 amide bonds. The molecule has 11 heteroatoms. The van der Waals surface area contributed by atoms with Crippen molar-refractivity contribution in [3.8, 4) is 0 Å². The Hall–Kier alpha value is -3.08. The Morgan fingerprint density at radius 2 is 2.05 bits per heavy atom. The number of fused-ring (bicyclic) bond motifs is 3. The molecule has 37 heavy (non-hydrogen) atoms. The number of anilines is 1. The maximum Gasteiger partial charge on any atom is 0.326 e. The topological polar surface area (TPSA) is 118 Å². The van der Waals surface area contributed by atoms with E-state index in [1.54, 1.807) is 11.0 Å². The highest BCUT2D eigenvalue weighted by Gasteiger charge is 2.41. The number of aromatic nitrogens is 1. The van der Waals surface area contributed by atoms with Crippen LogP contribution in [0.25, 0.3) is 17.0 Å². The van der Waals surface area contributed by atoms with E-state index in [2.05, 4.69) is 15.2 Å². The van der Waals surface area contributed by atoms with Gasteiger partial charge >= 0.3 is 5.97 Å². The molecule has 0 aliphatic carbocycles. The number of aliphatic carboxylic acids is 1. The van der Waals surface area contributed by atoms with Gasteiger partial charge in [0.25, 0.3) is 0 Å². The van der Waals surface area contributed by atoms with Crippen molar-refractivity contribution in [1.29, 1.82) is 0 Å². The minimum atomic E-state index is -0.998. The first-order chi connectivity index (χ1) is 17.5. The van der Waals surface area contributed by atoms with Gasteiger partial charge < -0.3 is 29.9 Å². The molecule has 3 aliphatic heterocycles. The number of halogens is 1. The molecular weight excluding hydrogens is 498 g/mol. The maximum atomic E-state index is 13.6. The molecular formula is C26H32ClN5O5. The lowest BCUT2D eigenvalue weighted by molar-refractivity contribution is -0.155. The Morgan fingerprint density at radius 3 is 2.81 bits per heavy atom. The number of morpholine rings is 1. The first-order valence-electron chi connectivity index (χ1n) is 12.5. The highest BCUT2D eigenvalue weighted by atomic mass is 35.5. The van der Waals surface area contributed by atoms with Crippen molar-refractivity contribution in [1.82, 2.24) is 19.7 Å².